The van der Waals surface area contributed by atoms with Crippen LogP contribution in [0.2, 0.25) is 0 Å². The lowest BCUT2D eigenvalue weighted by Crippen LogP contribution is -2.44. The van der Waals surface area contributed by atoms with Crippen LogP contribution in [-0.4, -0.2) is 54.8 Å². The van der Waals surface area contributed by atoms with Gasteiger partial charge in [0.2, 0.25) is 0 Å². The summed E-state index contributed by atoms with van der Waals surface area (Å²) in [5.74, 6) is 1.95. The summed E-state index contributed by atoms with van der Waals surface area (Å²) in [5, 5.41) is 8.30. The van der Waals surface area contributed by atoms with Crippen LogP contribution in [0.3, 0.4) is 0 Å². The Balaban J connectivity index is 1.39. The van der Waals surface area contributed by atoms with Crippen LogP contribution in [0.1, 0.15) is 18.1 Å². The fourth-order valence-corrected chi connectivity index (χ4v) is 4.07. The van der Waals surface area contributed by atoms with Crippen LogP contribution in [-0.2, 0) is 6.54 Å². The van der Waals surface area contributed by atoms with Crippen molar-refractivity contribution in [1.82, 2.24) is 15.2 Å². The van der Waals surface area contributed by atoms with Crippen molar-refractivity contribution in [3.05, 3.63) is 59.7 Å². The van der Waals surface area contributed by atoms with Gasteiger partial charge in [0.25, 0.3) is 0 Å². The van der Waals surface area contributed by atoms with Gasteiger partial charge in [0.05, 0.1) is 12.1 Å². The van der Waals surface area contributed by atoms with Crippen molar-refractivity contribution in [3.63, 3.8) is 0 Å². The van der Waals surface area contributed by atoms with Gasteiger partial charge in [-0.25, -0.2) is 4.98 Å². The van der Waals surface area contributed by atoms with Crippen LogP contribution in [0.5, 0.6) is 5.75 Å². The summed E-state index contributed by atoms with van der Waals surface area (Å²) in [6, 6.07) is 16.5. The van der Waals surface area contributed by atoms with E-state index in [1.165, 1.54) is 5.56 Å². The zero-order valence-corrected chi connectivity index (χ0v) is 19.8. The maximum absolute atomic E-state index is 5.50. The fourth-order valence-electron chi connectivity index (χ4n) is 3.88. The molecule has 1 saturated heterocycles. The molecular weight excluding hydrogens is 418 g/mol. The number of nitrogens with one attached hydrogen (secondary N) is 2. The van der Waals surface area contributed by atoms with Crippen molar-refractivity contribution in [2.75, 3.05) is 50.1 Å². The number of thiocarbonyl (C=S) groups is 1. The third-order valence-corrected chi connectivity index (χ3v) is 6.02. The molecule has 0 spiro atoms. The third kappa shape index (κ3) is 5.47. The Morgan fingerprint density at radius 3 is 2.53 bits per heavy atom. The smallest absolute Gasteiger partial charge is 0.171 e. The van der Waals surface area contributed by atoms with Crippen molar-refractivity contribution < 1.29 is 4.74 Å². The maximum Gasteiger partial charge on any atom is 0.171 e. The van der Waals surface area contributed by atoms with Crippen molar-refractivity contribution >= 4 is 39.7 Å². The standard InChI is InChI=1S/C25H31N5OS/c1-4-31-21-8-5-19(6-9-21)17-26-25(32)27-20-7-10-23-22(16-20)18(2)15-24(28-23)30-13-11-29(3)12-14-30/h5-10,15-16H,4,11-14,17H2,1-3H3,(H2,26,27,32). The number of fused-ring (bicyclic) bond motifs is 1. The average molecular weight is 450 g/mol. The zero-order chi connectivity index (χ0) is 22.5. The molecule has 0 amide bonds. The van der Waals surface area contributed by atoms with Crippen molar-refractivity contribution in [3.8, 4) is 5.75 Å². The molecule has 2 aromatic carbocycles. The molecule has 0 aliphatic carbocycles. The Labute approximate surface area is 195 Å². The van der Waals surface area contributed by atoms with Gasteiger partial charge in [-0.3, -0.25) is 0 Å². The lowest BCUT2D eigenvalue weighted by Gasteiger charge is -2.33. The first-order chi connectivity index (χ1) is 15.5. The molecule has 1 aromatic heterocycles. The van der Waals surface area contributed by atoms with Gasteiger partial charge in [-0.05, 0) is 80.6 Å². The Kier molecular flexibility index (Phi) is 7.07. The number of likely N-dealkylation sites (N-methyl/N-ethyl adjacent to an activating group) is 1. The number of pyridine rings is 1. The summed E-state index contributed by atoms with van der Waals surface area (Å²) in [4.78, 5) is 9.65. The van der Waals surface area contributed by atoms with Crippen LogP contribution < -0.4 is 20.3 Å². The summed E-state index contributed by atoms with van der Waals surface area (Å²) in [6.45, 7) is 9.63. The molecule has 7 heteroatoms. The maximum atomic E-state index is 5.50. The van der Waals surface area contributed by atoms with Gasteiger partial charge in [0.15, 0.2) is 5.11 Å². The van der Waals surface area contributed by atoms with E-state index in [9.17, 15) is 0 Å². The molecule has 6 nitrogen and oxygen atoms in total. The summed E-state index contributed by atoms with van der Waals surface area (Å²) in [5.41, 5.74) is 4.34. The predicted octanol–water partition coefficient (Wildman–Crippen LogP) is 4.18. The zero-order valence-electron chi connectivity index (χ0n) is 19.0. The van der Waals surface area contributed by atoms with Gasteiger partial charge in [-0.1, -0.05) is 12.1 Å². The average Bonchev–Trinajstić information content (AvgIpc) is 2.79. The van der Waals surface area contributed by atoms with Crippen LogP contribution in [0.25, 0.3) is 10.9 Å². The first-order valence-electron chi connectivity index (χ1n) is 11.1. The highest BCUT2D eigenvalue weighted by Crippen LogP contribution is 2.26. The summed E-state index contributed by atoms with van der Waals surface area (Å²) in [7, 11) is 2.17. The molecule has 1 aliphatic rings. The number of ether oxygens (including phenoxy) is 1. The number of hydrogen-bond donors (Lipinski definition) is 2. The molecule has 0 unspecified atom stereocenters. The molecule has 0 atom stereocenters. The van der Waals surface area contributed by atoms with Crippen molar-refractivity contribution in [2.45, 2.75) is 20.4 Å². The van der Waals surface area contributed by atoms with E-state index in [-0.39, 0.29) is 0 Å². The Bertz CT molecular complexity index is 1080. The number of rotatable bonds is 6. The first-order valence-corrected chi connectivity index (χ1v) is 11.5. The summed E-state index contributed by atoms with van der Waals surface area (Å²) >= 11 is 5.50. The minimum atomic E-state index is 0.595. The number of hydrogen-bond acceptors (Lipinski definition) is 5. The lowest BCUT2D eigenvalue weighted by molar-refractivity contribution is 0.312. The molecule has 1 fully saturated rings. The van der Waals surface area contributed by atoms with E-state index in [4.69, 9.17) is 21.9 Å². The minimum absolute atomic E-state index is 0.595. The Morgan fingerprint density at radius 2 is 1.81 bits per heavy atom. The predicted molar refractivity (Wildman–Crippen MR) is 137 cm³/mol. The van der Waals surface area contributed by atoms with Crippen LogP contribution >= 0.6 is 12.2 Å². The van der Waals surface area contributed by atoms with Crippen LogP contribution in [0, 0.1) is 6.92 Å². The highest BCUT2D eigenvalue weighted by molar-refractivity contribution is 7.80. The van der Waals surface area contributed by atoms with E-state index in [1.807, 2.05) is 37.3 Å². The molecule has 2 N–H and O–H groups in total. The normalized spacial score (nSPS) is 14.4. The molecule has 4 rings (SSSR count). The third-order valence-electron chi connectivity index (χ3n) is 5.77. The van der Waals surface area contributed by atoms with E-state index in [0.717, 1.165) is 59.9 Å². The number of anilines is 2. The molecule has 2 heterocycles. The SMILES string of the molecule is CCOc1ccc(CNC(=S)Nc2ccc3nc(N4CCN(C)CC4)cc(C)c3c2)cc1. The van der Waals surface area contributed by atoms with Gasteiger partial charge in [0.1, 0.15) is 11.6 Å². The molecule has 3 aromatic rings. The van der Waals surface area contributed by atoms with Crippen molar-refractivity contribution in [2.24, 2.45) is 0 Å². The minimum Gasteiger partial charge on any atom is -0.494 e. The number of nitrogens with zero attached hydrogens (tertiary/aromatic N) is 3. The van der Waals surface area contributed by atoms with Gasteiger partial charge < -0.3 is 25.2 Å². The number of benzene rings is 2. The highest BCUT2D eigenvalue weighted by atomic mass is 32.1. The second-order valence-corrected chi connectivity index (χ2v) is 8.61. The molecule has 1 aliphatic heterocycles. The second-order valence-electron chi connectivity index (χ2n) is 8.20. The van der Waals surface area contributed by atoms with Crippen LogP contribution in [0.15, 0.2) is 48.5 Å². The number of aryl methyl sites for hydroxylation is 1. The molecular formula is C25H31N5OS. The topological polar surface area (TPSA) is 52.7 Å². The monoisotopic (exact) mass is 449 g/mol. The molecule has 0 radical (unpaired) electrons. The highest BCUT2D eigenvalue weighted by Gasteiger charge is 2.16. The van der Waals surface area contributed by atoms with Gasteiger partial charge in [-0.2, -0.15) is 0 Å². The molecule has 0 bridgehead atoms. The first kappa shape index (κ1) is 22.3. The van der Waals surface area contributed by atoms with E-state index >= 15 is 0 Å². The molecule has 168 valence electrons. The Morgan fingerprint density at radius 1 is 1.06 bits per heavy atom. The summed E-state index contributed by atoms with van der Waals surface area (Å²) in [6.07, 6.45) is 0. The fraction of sp³-hybridized carbons (Fsp3) is 0.360. The second kappa shape index (κ2) is 10.1. The van der Waals surface area contributed by atoms with Crippen molar-refractivity contribution in [1.29, 1.82) is 0 Å². The summed E-state index contributed by atoms with van der Waals surface area (Å²) < 4.78 is 5.49. The van der Waals surface area contributed by atoms with E-state index in [1.54, 1.807) is 0 Å². The van der Waals surface area contributed by atoms with Gasteiger partial charge in [0, 0.05) is 43.8 Å². The van der Waals surface area contributed by atoms with E-state index < -0.39 is 0 Å². The molecule has 0 saturated carbocycles. The van der Waals surface area contributed by atoms with E-state index in [2.05, 4.69) is 52.6 Å². The Hall–Kier alpha value is -2.90. The van der Waals surface area contributed by atoms with E-state index in [0.29, 0.717) is 18.3 Å². The van der Waals surface area contributed by atoms with Crippen LogP contribution in [0.4, 0.5) is 11.5 Å². The molecule has 32 heavy (non-hydrogen) atoms. The lowest BCUT2D eigenvalue weighted by atomic mass is 10.1. The number of aromatic nitrogens is 1. The quantitative estimate of drug-likeness (QED) is 0.548. The largest absolute Gasteiger partial charge is 0.494 e. The van der Waals surface area contributed by atoms with Gasteiger partial charge >= 0.3 is 0 Å². The van der Waals surface area contributed by atoms with Gasteiger partial charge in [-0.15, -0.1) is 0 Å². The number of piperazine rings is 1.